The van der Waals surface area contributed by atoms with E-state index in [1.165, 1.54) is 0 Å². The third-order valence-corrected chi connectivity index (χ3v) is 2.64. The van der Waals surface area contributed by atoms with Crippen molar-refractivity contribution in [2.45, 2.75) is 25.5 Å². The molecule has 1 amide bonds. The molecule has 2 N–H and O–H groups in total. The molecule has 2 rings (SSSR count). The first kappa shape index (κ1) is 11.4. The molecular formula is C12H14N2O3. The van der Waals surface area contributed by atoms with Crippen molar-refractivity contribution in [3.8, 4) is 0 Å². The molecule has 0 unspecified atom stereocenters. The SMILES string of the molecule is O=C(NC1CC(=NO)C1)OCc1ccccc1. The normalized spacial score (nSPS) is 18.1. The number of benzene rings is 1. The van der Waals surface area contributed by atoms with Gasteiger partial charge in [0.2, 0.25) is 0 Å². The fourth-order valence-electron chi connectivity index (χ4n) is 1.62. The highest BCUT2D eigenvalue weighted by atomic mass is 16.5. The second kappa shape index (κ2) is 5.34. The molecule has 1 fully saturated rings. The van der Waals surface area contributed by atoms with Gasteiger partial charge >= 0.3 is 6.09 Å². The summed E-state index contributed by atoms with van der Waals surface area (Å²) >= 11 is 0. The standard InChI is InChI=1S/C12H14N2O3/c15-12(13-10-6-11(7-10)14-16)17-8-9-4-2-1-3-5-9/h1-5,10,16H,6-8H2,(H,13,15). The molecule has 17 heavy (non-hydrogen) atoms. The van der Waals surface area contributed by atoms with Crippen LogP contribution in [0.2, 0.25) is 0 Å². The van der Waals surface area contributed by atoms with Crippen LogP contribution in [0.4, 0.5) is 4.79 Å². The molecule has 1 aliphatic rings. The molecule has 1 saturated carbocycles. The van der Waals surface area contributed by atoms with Crippen LogP contribution in [0.1, 0.15) is 18.4 Å². The minimum Gasteiger partial charge on any atom is -0.445 e. The van der Waals surface area contributed by atoms with E-state index in [0.717, 1.165) is 5.56 Å². The van der Waals surface area contributed by atoms with Crippen LogP contribution in [0, 0.1) is 0 Å². The molecule has 0 aromatic heterocycles. The van der Waals surface area contributed by atoms with E-state index in [4.69, 9.17) is 9.94 Å². The molecule has 5 heteroatoms. The summed E-state index contributed by atoms with van der Waals surface area (Å²) in [6.45, 7) is 0.264. The molecule has 90 valence electrons. The summed E-state index contributed by atoms with van der Waals surface area (Å²) in [6, 6.07) is 9.52. The molecule has 5 nitrogen and oxygen atoms in total. The number of ether oxygens (including phenoxy) is 1. The Labute approximate surface area is 99.1 Å². The molecule has 1 aliphatic carbocycles. The zero-order valence-electron chi connectivity index (χ0n) is 9.30. The van der Waals surface area contributed by atoms with Crippen molar-refractivity contribution in [3.63, 3.8) is 0 Å². The second-order valence-corrected chi connectivity index (χ2v) is 3.98. The van der Waals surface area contributed by atoms with Gasteiger partial charge in [-0.2, -0.15) is 0 Å². The van der Waals surface area contributed by atoms with Crippen molar-refractivity contribution < 1.29 is 14.7 Å². The lowest BCUT2D eigenvalue weighted by Crippen LogP contribution is -2.44. The van der Waals surface area contributed by atoms with Crippen LogP contribution in [0.5, 0.6) is 0 Å². The van der Waals surface area contributed by atoms with E-state index >= 15 is 0 Å². The van der Waals surface area contributed by atoms with E-state index in [9.17, 15) is 4.79 Å². The highest BCUT2D eigenvalue weighted by Gasteiger charge is 2.27. The first-order chi connectivity index (χ1) is 8.28. The topological polar surface area (TPSA) is 70.9 Å². The van der Waals surface area contributed by atoms with Crippen LogP contribution < -0.4 is 5.32 Å². The molecule has 0 saturated heterocycles. The van der Waals surface area contributed by atoms with Gasteiger partial charge in [0, 0.05) is 18.9 Å². The quantitative estimate of drug-likeness (QED) is 0.620. The number of hydrogen-bond acceptors (Lipinski definition) is 4. The Hall–Kier alpha value is -2.04. The monoisotopic (exact) mass is 234 g/mol. The Kier molecular flexibility index (Phi) is 3.59. The van der Waals surface area contributed by atoms with Crippen molar-refractivity contribution in [2.24, 2.45) is 5.16 Å². The molecule has 1 aromatic carbocycles. The summed E-state index contributed by atoms with van der Waals surface area (Å²) in [5.41, 5.74) is 1.66. The number of nitrogens with zero attached hydrogens (tertiary/aromatic N) is 1. The number of nitrogens with one attached hydrogen (secondary N) is 1. The van der Waals surface area contributed by atoms with Gasteiger partial charge in [-0.1, -0.05) is 35.5 Å². The molecule has 0 bridgehead atoms. The fraction of sp³-hybridized carbons (Fsp3) is 0.333. The van der Waals surface area contributed by atoms with Crippen LogP contribution >= 0.6 is 0 Å². The van der Waals surface area contributed by atoms with Gasteiger partial charge in [0.25, 0.3) is 0 Å². The van der Waals surface area contributed by atoms with Crippen LogP contribution in [-0.4, -0.2) is 23.1 Å². The van der Waals surface area contributed by atoms with E-state index in [2.05, 4.69) is 10.5 Å². The van der Waals surface area contributed by atoms with Crippen molar-refractivity contribution in [1.82, 2.24) is 5.32 Å². The number of oxime groups is 1. The Bertz CT molecular complexity index is 409. The Morgan fingerprint density at radius 3 is 2.76 bits per heavy atom. The molecule has 1 aromatic rings. The first-order valence-electron chi connectivity index (χ1n) is 5.45. The van der Waals surface area contributed by atoms with Crippen LogP contribution in [0.3, 0.4) is 0 Å². The first-order valence-corrected chi connectivity index (χ1v) is 5.45. The van der Waals surface area contributed by atoms with E-state index in [0.29, 0.717) is 18.6 Å². The zero-order chi connectivity index (χ0) is 12.1. The average Bonchev–Trinajstić information content (AvgIpc) is 2.32. The molecule has 0 heterocycles. The minimum atomic E-state index is -0.434. The maximum atomic E-state index is 11.4. The average molecular weight is 234 g/mol. The number of rotatable bonds is 3. The molecule has 0 aliphatic heterocycles. The van der Waals surface area contributed by atoms with Gasteiger partial charge < -0.3 is 15.3 Å². The van der Waals surface area contributed by atoms with E-state index in [1.807, 2.05) is 30.3 Å². The van der Waals surface area contributed by atoms with Crippen molar-refractivity contribution in [2.75, 3.05) is 0 Å². The summed E-state index contributed by atoms with van der Waals surface area (Å²) in [5, 5.41) is 14.2. The van der Waals surface area contributed by atoms with Crippen molar-refractivity contribution in [3.05, 3.63) is 35.9 Å². The van der Waals surface area contributed by atoms with E-state index in [1.54, 1.807) is 0 Å². The fourth-order valence-corrected chi connectivity index (χ4v) is 1.62. The van der Waals surface area contributed by atoms with Gasteiger partial charge in [0.1, 0.15) is 6.61 Å². The van der Waals surface area contributed by atoms with Crippen molar-refractivity contribution in [1.29, 1.82) is 0 Å². The number of alkyl carbamates (subject to hydrolysis) is 1. The zero-order valence-corrected chi connectivity index (χ0v) is 9.30. The van der Waals surface area contributed by atoms with Gasteiger partial charge in [0.15, 0.2) is 0 Å². The third kappa shape index (κ3) is 3.21. The maximum absolute atomic E-state index is 11.4. The largest absolute Gasteiger partial charge is 0.445 e. The summed E-state index contributed by atoms with van der Waals surface area (Å²) in [5.74, 6) is 0. The van der Waals surface area contributed by atoms with Gasteiger partial charge in [0.05, 0.1) is 5.71 Å². The lowest BCUT2D eigenvalue weighted by molar-refractivity contribution is 0.134. The van der Waals surface area contributed by atoms with Crippen LogP contribution in [0.15, 0.2) is 35.5 Å². The summed E-state index contributed by atoms with van der Waals surface area (Å²) in [4.78, 5) is 11.4. The summed E-state index contributed by atoms with van der Waals surface area (Å²) in [6.07, 6.45) is 0.754. The molecule has 0 atom stereocenters. The highest BCUT2D eigenvalue weighted by molar-refractivity contribution is 5.91. The molecule has 0 spiro atoms. The van der Waals surface area contributed by atoms with Gasteiger partial charge in [-0.25, -0.2) is 4.79 Å². The van der Waals surface area contributed by atoms with Gasteiger partial charge in [-0.3, -0.25) is 0 Å². The number of carbonyl (C=O) groups is 1. The van der Waals surface area contributed by atoms with Gasteiger partial charge in [-0.15, -0.1) is 0 Å². The minimum absolute atomic E-state index is 0.0316. The second-order valence-electron chi connectivity index (χ2n) is 3.98. The van der Waals surface area contributed by atoms with E-state index < -0.39 is 6.09 Å². The predicted octanol–water partition coefficient (Wildman–Crippen LogP) is 1.91. The highest BCUT2D eigenvalue weighted by Crippen LogP contribution is 2.16. The lowest BCUT2D eigenvalue weighted by atomic mass is 9.91. The number of carbonyl (C=O) groups excluding carboxylic acids is 1. The number of hydrogen-bond donors (Lipinski definition) is 2. The van der Waals surface area contributed by atoms with Crippen LogP contribution in [-0.2, 0) is 11.3 Å². The number of amides is 1. The maximum Gasteiger partial charge on any atom is 0.407 e. The summed E-state index contributed by atoms with van der Waals surface area (Å²) < 4.78 is 5.05. The third-order valence-electron chi connectivity index (χ3n) is 2.64. The Morgan fingerprint density at radius 2 is 2.12 bits per heavy atom. The lowest BCUT2D eigenvalue weighted by Gasteiger charge is -2.26. The smallest absolute Gasteiger partial charge is 0.407 e. The predicted molar refractivity (Wildman–Crippen MR) is 62.0 cm³/mol. The molecule has 0 radical (unpaired) electrons. The van der Waals surface area contributed by atoms with Crippen LogP contribution in [0.25, 0.3) is 0 Å². The molecular weight excluding hydrogens is 220 g/mol. The Balaban J connectivity index is 1.68. The van der Waals surface area contributed by atoms with Crippen molar-refractivity contribution >= 4 is 11.8 Å². The van der Waals surface area contributed by atoms with Gasteiger partial charge in [-0.05, 0) is 5.56 Å². The van der Waals surface area contributed by atoms with E-state index in [-0.39, 0.29) is 12.6 Å². The Morgan fingerprint density at radius 1 is 1.41 bits per heavy atom. The summed E-state index contributed by atoms with van der Waals surface area (Å²) in [7, 11) is 0.